The van der Waals surface area contributed by atoms with E-state index in [0.717, 1.165) is 58.6 Å². The Kier molecular flexibility index (Phi) is 6.47. The molecule has 5 nitrogen and oxygen atoms in total. The number of ether oxygens (including phenoxy) is 4. The van der Waals surface area contributed by atoms with Crippen molar-refractivity contribution in [1.29, 1.82) is 0 Å². The number of fused-ring (bicyclic) bond motifs is 5. The third-order valence-corrected chi connectivity index (χ3v) is 6.57. The molecule has 5 rings (SSSR count). The van der Waals surface area contributed by atoms with Gasteiger partial charge < -0.3 is 42.9 Å². The maximum absolute atomic E-state index is 5.75. The lowest BCUT2D eigenvalue weighted by Crippen LogP contribution is -3.00. The fourth-order valence-corrected chi connectivity index (χ4v) is 4.89. The predicted molar refractivity (Wildman–Crippen MR) is 120 cm³/mol. The number of alkyl halides is 1. The average molecular weight is 631 g/mol. The van der Waals surface area contributed by atoms with Crippen molar-refractivity contribution in [3.63, 3.8) is 0 Å². The van der Waals surface area contributed by atoms with E-state index in [4.69, 9.17) is 18.9 Å². The molecule has 2 aliphatic heterocycles. The van der Waals surface area contributed by atoms with Gasteiger partial charge in [0.25, 0.3) is 0 Å². The summed E-state index contributed by atoms with van der Waals surface area (Å²) < 4.78 is 26.1. The number of rotatable bonds is 5. The van der Waals surface area contributed by atoms with Crippen LogP contribution in [0.25, 0.3) is 22.0 Å². The molecular weight excluding hydrogens is 608 g/mol. The summed E-state index contributed by atoms with van der Waals surface area (Å²) in [6.07, 6.45) is 5.32. The van der Waals surface area contributed by atoms with Gasteiger partial charge in [-0.25, -0.2) is 0 Å². The largest absolute Gasteiger partial charge is 1.00 e. The summed E-state index contributed by atoms with van der Waals surface area (Å²) >= 11 is 2.45. The van der Waals surface area contributed by atoms with Gasteiger partial charge >= 0.3 is 0 Å². The molecule has 3 heterocycles. The Hall–Kier alpha value is -1.49. The molecule has 0 N–H and O–H groups in total. The normalized spacial score (nSPS) is 13.4. The third-order valence-electron chi connectivity index (χ3n) is 5.80. The zero-order valence-corrected chi connectivity index (χ0v) is 21.3. The van der Waals surface area contributed by atoms with Gasteiger partial charge in [-0.1, -0.05) is 22.6 Å². The second kappa shape index (κ2) is 8.94. The molecule has 0 saturated carbocycles. The van der Waals surface area contributed by atoms with Crippen molar-refractivity contribution in [2.24, 2.45) is 0 Å². The fourth-order valence-electron chi connectivity index (χ4n) is 4.51. The second-order valence-corrected chi connectivity index (χ2v) is 8.40. The maximum Gasteiger partial charge on any atom is 0.231 e. The molecule has 1 aromatic heterocycles. The Balaban J connectivity index is 0.00000218. The summed E-state index contributed by atoms with van der Waals surface area (Å²) in [6, 6.07) is 8.49. The van der Waals surface area contributed by atoms with Crippen molar-refractivity contribution in [3.8, 4) is 34.3 Å². The van der Waals surface area contributed by atoms with E-state index in [1.54, 1.807) is 14.2 Å². The van der Waals surface area contributed by atoms with Gasteiger partial charge in [-0.2, -0.15) is 4.57 Å². The molecule has 30 heavy (non-hydrogen) atoms. The summed E-state index contributed by atoms with van der Waals surface area (Å²) in [5, 5.41) is 2.33. The number of hydrogen-bond acceptors (Lipinski definition) is 4. The fraction of sp³-hybridized carbons (Fsp3) is 0.348. The van der Waals surface area contributed by atoms with Crippen LogP contribution in [0.3, 0.4) is 0 Å². The molecule has 7 heteroatoms. The monoisotopic (exact) mass is 631 g/mol. The van der Waals surface area contributed by atoms with E-state index in [9.17, 15) is 0 Å². The Labute approximate surface area is 206 Å². The molecule has 0 unspecified atom stereocenters. The molecular formula is C23H23I2NO4. The third kappa shape index (κ3) is 3.47. The van der Waals surface area contributed by atoms with E-state index in [2.05, 4.69) is 51.6 Å². The van der Waals surface area contributed by atoms with Gasteiger partial charge in [0.1, 0.15) is 0 Å². The molecule has 158 valence electrons. The maximum atomic E-state index is 5.75. The quantitative estimate of drug-likeness (QED) is 0.243. The first-order valence-electron chi connectivity index (χ1n) is 9.84. The molecule has 0 bridgehead atoms. The van der Waals surface area contributed by atoms with Crippen LogP contribution in [-0.4, -0.2) is 25.4 Å². The zero-order valence-electron chi connectivity index (χ0n) is 17.0. The van der Waals surface area contributed by atoms with Crippen LogP contribution in [0.15, 0.2) is 30.5 Å². The van der Waals surface area contributed by atoms with Crippen molar-refractivity contribution in [3.05, 3.63) is 41.6 Å². The lowest BCUT2D eigenvalue weighted by molar-refractivity contribution is -0.686. The molecule has 0 radical (unpaired) electrons. The number of aryl methyl sites for hydroxylation is 3. The first-order valence-corrected chi connectivity index (χ1v) is 11.4. The number of halogens is 2. The molecule has 0 spiro atoms. The predicted octanol–water partition coefficient (Wildman–Crippen LogP) is 1.47. The molecule has 0 saturated heterocycles. The van der Waals surface area contributed by atoms with Gasteiger partial charge in [-0.15, -0.1) is 0 Å². The molecule has 0 aliphatic carbocycles. The number of nitrogens with zero attached hydrogens (tertiary/aromatic N) is 1. The Bertz CT molecular complexity index is 1120. The van der Waals surface area contributed by atoms with Crippen LogP contribution in [0.5, 0.6) is 23.0 Å². The van der Waals surface area contributed by atoms with Crippen molar-refractivity contribution in [2.75, 3.05) is 25.4 Å². The van der Waals surface area contributed by atoms with Crippen LogP contribution in [0.4, 0.5) is 0 Å². The molecule has 0 atom stereocenters. The van der Waals surface area contributed by atoms with Crippen LogP contribution >= 0.6 is 22.6 Å². The highest BCUT2D eigenvalue weighted by atomic mass is 127. The average Bonchev–Trinajstić information content (AvgIpc) is 3.21. The Morgan fingerprint density at radius 1 is 1.07 bits per heavy atom. The summed E-state index contributed by atoms with van der Waals surface area (Å²) in [5.74, 6) is 3.26. The van der Waals surface area contributed by atoms with Crippen LogP contribution < -0.4 is 47.5 Å². The lowest BCUT2D eigenvalue weighted by atomic mass is 9.89. The van der Waals surface area contributed by atoms with Gasteiger partial charge in [0.15, 0.2) is 35.7 Å². The highest BCUT2D eigenvalue weighted by Crippen LogP contribution is 2.43. The standard InChI is InChI=1S/C23H23INO4.HI/c1-26-19-6-5-15-16(4-3-8-24)22-17-11-21-20(28-13-29-21)10-14(17)7-9-25(22)12-18(15)23(19)27-2;/h5-6,10-12H,3-4,7-9,13H2,1-2H3;1H/q+1;/p-1. The van der Waals surface area contributed by atoms with E-state index in [0.29, 0.717) is 6.79 Å². The van der Waals surface area contributed by atoms with Crippen molar-refractivity contribution < 1.29 is 47.5 Å². The second-order valence-electron chi connectivity index (χ2n) is 7.32. The van der Waals surface area contributed by atoms with Crippen LogP contribution in [0.1, 0.15) is 17.5 Å². The van der Waals surface area contributed by atoms with E-state index < -0.39 is 0 Å². The number of hydrogen-bond donors (Lipinski definition) is 0. The number of methoxy groups -OCH3 is 2. The van der Waals surface area contributed by atoms with Gasteiger partial charge in [-0.3, -0.25) is 0 Å². The van der Waals surface area contributed by atoms with E-state index in [-0.39, 0.29) is 24.0 Å². The Morgan fingerprint density at radius 2 is 1.87 bits per heavy atom. The summed E-state index contributed by atoms with van der Waals surface area (Å²) in [5.41, 5.74) is 5.22. The van der Waals surface area contributed by atoms with E-state index in [1.165, 1.54) is 27.8 Å². The SMILES string of the molecule is COc1ccc2c(CCCI)c3[n+](cc2c1OC)CCc1cc2c(cc1-3)OCO2.[I-]. The molecule has 0 amide bonds. The van der Waals surface area contributed by atoms with Gasteiger partial charge in [0.05, 0.1) is 25.2 Å². The summed E-state index contributed by atoms with van der Waals surface area (Å²) in [7, 11) is 3.40. The minimum atomic E-state index is 0. The van der Waals surface area contributed by atoms with Gasteiger partial charge in [0.2, 0.25) is 12.5 Å². The number of pyridine rings is 1. The van der Waals surface area contributed by atoms with E-state index >= 15 is 0 Å². The molecule has 3 aromatic rings. The highest BCUT2D eigenvalue weighted by Gasteiger charge is 2.32. The first kappa shape index (κ1) is 21.7. The number of aromatic nitrogens is 1. The lowest BCUT2D eigenvalue weighted by Gasteiger charge is -2.21. The van der Waals surface area contributed by atoms with Crippen molar-refractivity contribution in [2.45, 2.75) is 25.8 Å². The minimum Gasteiger partial charge on any atom is -1.00 e. The first-order chi connectivity index (χ1) is 14.2. The minimum absolute atomic E-state index is 0. The van der Waals surface area contributed by atoms with Gasteiger partial charge in [-0.05, 0) is 47.1 Å². The van der Waals surface area contributed by atoms with Crippen LogP contribution in [-0.2, 0) is 19.4 Å². The molecule has 0 fully saturated rings. The van der Waals surface area contributed by atoms with Crippen LogP contribution in [0, 0.1) is 0 Å². The molecule has 2 aliphatic rings. The summed E-state index contributed by atoms with van der Waals surface area (Å²) in [4.78, 5) is 0. The van der Waals surface area contributed by atoms with Crippen LogP contribution in [0.2, 0.25) is 0 Å². The smallest absolute Gasteiger partial charge is 0.231 e. The Morgan fingerprint density at radius 3 is 2.60 bits per heavy atom. The van der Waals surface area contributed by atoms with Crippen molar-refractivity contribution in [1.82, 2.24) is 0 Å². The topological polar surface area (TPSA) is 40.8 Å². The van der Waals surface area contributed by atoms with Gasteiger partial charge in [0, 0.05) is 17.4 Å². The summed E-state index contributed by atoms with van der Waals surface area (Å²) in [6.45, 7) is 1.23. The number of benzene rings is 2. The zero-order chi connectivity index (χ0) is 20.0. The molecule has 2 aromatic carbocycles. The highest BCUT2D eigenvalue weighted by molar-refractivity contribution is 14.1. The van der Waals surface area contributed by atoms with Crippen molar-refractivity contribution >= 4 is 33.4 Å². The van der Waals surface area contributed by atoms with E-state index in [1.807, 2.05) is 6.07 Å².